The second-order valence-corrected chi connectivity index (χ2v) is 8.23. The van der Waals surface area contributed by atoms with Gasteiger partial charge >= 0.3 is 0 Å². The van der Waals surface area contributed by atoms with Gasteiger partial charge in [-0.25, -0.2) is 0 Å². The fourth-order valence-electron chi connectivity index (χ4n) is 3.63. The highest BCUT2D eigenvalue weighted by Crippen LogP contribution is 2.12. The number of nitrogens with zero attached hydrogens (tertiary/aromatic N) is 3. The van der Waals surface area contributed by atoms with Crippen molar-refractivity contribution in [1.29, 1.82) is 0 Å². The van der Waals surface area contributed by atoms with Crippen LogP contribution >= 0.6 is 0 Å². The smallest absolute Gasteiger partial charge is 0.251 e. The summed E-state index contributed by atoms with van der Waals surface area (Å²) in [6, 6.07) is 6.76. The molecule has 1 fully saturated rings. The molecule has 3 amide bonds. The average molecular weight is 417 g/mol. The number of rotatable bonds is 8. The van der Waals surface area contributed by atoms with Gasteiger partial charge in [0.05, 0.1) is 6.54 Å². The van der Waals surface area contributed by atoms with Gasteiger partial charge in [0.15, 0.2) is 0 Å². The van der Waals surface area contributed by atoms with Gasteiger partial charge in [-0.2, -0.15) is 0 Å². The van der Waals surface area contributed by atoms with E-state index in [9.17, 15) is 14.4 Å². The molecule has 1 aliphatic heterocycles. The lowest BCUT2D eigenvalue weighted by Crippen LogP contribution is -2.57. The van der Waals surface area contributed by atoms with Crippen LogP contribution in [0.15, 0.2) is 24.3 Å². The molecule has 1 aromatic rings. The highest BCUT2D eigenvalue weighted by Gasteiger charge is 2.31. The van der Waals surface area contributed by atoms with Gasteiger partial charge < -0.3 is 15.1 Å². The number of piperazine rings is 1. The number of carbonyl (C=O) groups is 3. The minimum atomic E-state index is -0.567. The summed E-state index contributed by atoms with van der Waals surface area (Å²) >= 11 is 0. The van der Waals surface area contributed by atoms with Crippen LogP contribution in [-0.2, 0) is 9.59 Å². The molecule has 0 radical (unpaired) electrons. The molecule has 0 spiro atoms. The molecule has 0 saturated carbocycles. The first-order valence-corrected chi connectivity index (χ1v) is 10.9. The van der Waals surface area contributed by atoms with Gasteiger partial charge in [0.25, 0.3) is 5.91 Å². The summed E-state index contributed by atoms with van der Waals surface area (Å²) in [5.41, 5.74) is 1.64. The van der Waals surface area contributed by atoms with E-state index < -0.39 is 6.04 Å². The van der Waals surface area contributed by atoms with Crippen LogP contribution in [-0.4, -0.2) is 84.3 Å². The lowest BCUT2D eigenvalue weighted by atomic mass is 10.0. The van der Waals surface area contributed by atoms with Crippen molar-refractivity contribution in [3.05, 3.63) is 35.4 Å². The maximum absolute atomic E-state index is 13.1. The summed E-state index contributed by atoms with van der Waals surface area (Å²) in [4.78, 5) is 43.8. The number of carbonyl (C=O) groups excluding carboxylic acids is 3. The topological polar surface area (TPSA) is 73.0 Å². The molecular weight excluding hydrogens is 380 g/mol. The molecule has 1 aromatic carbocycles. The van der Waals surface area contributed by atoms with Crippen molar-refractivity contribution in [1.82, 2.24) is 20.0 Å². The second-order valence-electron chi connectivity index (χ2n) is 8.23. The van der Waals surface area contributed by atoms with Crippen LogP contribution < -0.4 is 5.32 Å². The standard InChI is InChI=1S/C23H36N4O3/c1-6-26(7-2)20(28)16-25-12-14-27(15-13-25)23(30)21(17(3)4)24-22(29)19-10-8-18(5)9-11-19/h8-11,17,21H,6-7,12-16H2,1-5H3,(H,24,29)/t21-/m0/s1. The third-order valence-electron chi connectivity index (χ3n) is 5.69. The Morgan fingerprint density at radius 1 is 1.00 bits per heavy atom. The zero-order valence-corrected chi connectivity index (χ0v) is 19.0. The molecule has 0 aromatic heterocycles. The third kappa shape index (κ3) is 6.29. The van der Waals surface area contributed by atoms with Gasteiger partial charge in [-0.1, -0.05) is 31.5 Å². The molecule has 1 atom stereocenters. The summed E-state index contributed by atoms with van der Waals surface area (Å²) in [7, 11) is 0. The number of amides is 3. The van der Waals surface area contributed by atoms with E-state index in [0.717, 1.165) is 5.56 Å². The maximum atomic E-state index is 13.1. The fraction of sp³-hybridized carbons (Fsp3) is 0.609. The Morgan fingerprint density at radius 2 is 1.57 bits per heavy atom. The Bertz CT molecular complexity index is 720. The summed E-state index contributed by atoms with van der Waals surface area (Å²) in [6.45, 7) is 14.1. The lowest BCUT2D eigenvalue weighted by Gasteiger charge is -2.37. The number of aryl methyl sites for hydroxylation is 1. The first-order valence-electron chi connectivity index (χ1n) is 10.9. The summed E-state index contributed by atoms with van der Waals surface area (Å²) in [5.74, 6) is -0.176. The monoisotopic (exact) mass is 416 g/mol. The zero-order chi connectivity index (χ0) is 22.3. The van der Waals surface area contributed by atoms with Gasteiger partial charge in [-0.15, -0.1) is 0 Å². The van der Waals surface area contributed by atoms with Crippen molar-refractivity contribution in [2.24, 2.45) is 5.92 Å². The number of nitrogens with one attached hydrogen (secondary N) is 1. The molecule has 30 heavy (non-hydrogen) atoms. The van der Waals surface area contributed by atoms with Gasteiger partial charge in [-0.05, 0) is 38.8 Å². The average Bonchev–Trinajstić information content (AvgIpc) is 2.73. The van der Waals surface area contributed by atoms with Gasteiger partial charge in [0.2, 0.25) is 11.8 Å². The first kappa shape index (κ1) is 23.9. The van der Waals surface area contributed by atoms with Crippen molar-refractivity contribution < 1.29 is 14.4 Å². The maximum Gasteiger partial charge on any atom is 0.251 e. The Morgan fingerprint density at radius 3 is 2.07 bits per heavy atom. The van der Waals surface area contributed by atoms with Gasteiger partial charge in [0, 0.05) is 44.8 Å². The van der Waals surface area contributed by atoms with Crippen molar-refractivity contribution in [2.45, 2.75) is 40.7 Å². The van der Waals surface area contributed by atoms with Crippen molar-refractivity contribution >= 4 is 17.7 Å². The van der Waals surface area contributed by atoms with Crippen LogP contribution in [0.3, 0.4) is 0 Å². The van der Waals surface area contributed by atoms with E-state index in [1.807, 2.05) is 51.7 Å². The Hall–Kier alpha value is -2.41. The van der Waals surface area contributed by atoms with E-state index in [0.29, 0.717) is 51.4 Å². The Labute approximate surface area is 180 Å². The lowest BCUT2D eigenvalue weighted by molar-refractivity contribution is -0.137. The number of benzene rings is 1. The predicted octanol–water partition coefficient (Wildman–Crippen LogP) is 1.76. The minimum absolute atomic E-state index is 0.0193. The third-order valence-corrected chi connectivity index (χ3v) is 5.69. The highest BCUT2D eigenvalue weighted by molar-refractivity contribution is 5.97. The molecule has 2 rings (SSSR count). The fourth-order valence-corrected chi connectivity index (χ4v) is 3.63. The second kappa shape index (κ2) is 11.1. The molecule has 7 nitrogen and oxygen atoms in total. The predicted molar refractivity (Wildman–Crippen MR) is 118 cm³/mol. The van der Waals surface area contributed by atoms with E-state index in [1.54, 1.807) is 17.0 Å². The van der Waals surface area contributed by atoms with Crippen LogP contribution in [0.25, 0.3) is 0 Å². The van der Waals surface area contributed by atoms with Crippen molar-refractivity contribution in [2.75, 3.05) is 45.8 Å². The van der Waals surface area contributed by atoms with E-state index in [1.165, 1.54) is 0 Å². The number of likely N-dealkylation sites (N-methyl/N-ethyl adjacent to an activating group) is 1. The molecule has 0 unspecified atom stereocenters. The SMILES string of the molecule is CCN(CC)C(=O)CN1CCN(C(=O)[C@@H](NC(=O)c2ccc(C)cc2)C(C)C)CC1. The summed E-state index contributed by atoms with van der Waals surface area (Å²) in [5, 5.41) is 2.92. The number of hydrogen-bond acceptors (Lipinski definition) is 4. The molecule has 7 heteroatoms. The Balaban J connectivity index is 1.93. The normalized spacial score (nSPS) is 15.7. The number of hydrogen-bond donors (Lipinski definition) is 1. The van der Waals surface area contributed by atoms with Crippen molar-refractivity contribution in [3.8, 4) is 0 Å². The van der Waals surface area contributed by atoms with Crippen LogP contribution in [0.4, 0.5) is 0 Å². The molecular formula is C23H36N4O3. The van der Waals surface area contributed by atoms with E-state index in [2.05, 4.69) is 10.2 Å². The first-order chi connectivity index (χ1) is 14.3. The van der Waals surface area contributed by atoms with E-state index >= 15 is 0 Å². The van der Waals surface area contributed by atoms with E-state index in [-0.39, 0.29) is 23.6 Å². The molecule has 0 aliphatic carbocycles. The van der Waals surface area contributed by atoms with Crippen LogP contribution in [0.2, 0.25) is 0 Å². The van der Waals surface area contributed by atoms with E-state index in [4.69, 9.17) is 0 Å². The molecule has 166 valence electrons. The van der Waals surface area contributed by atoms with Gasteiger partial charge in [-0.3, -0.25) is 19.3 Å². The molecule has 1 heterocycles. The zero-order valence-electron chi connectivity index (χ0n) is 19.0. The molecule has 1 saturated heterocycles. The molecule has 1 N–H and O–H groups in total. The highest BCUT2D eigenvalue weighted by atomic mass is 16.2. The largest absolute Gasteiger partial charge is 0.342 e. The Kier molecular flexibility index (Phi) is 8.84. The van der Waals surface area contributed by atoms with Crippen LogP contribution in [0.1, 0.15) is 43.6 Å². The van der Waals surface area contributed by atoms with Gasteiger partial charge in [0.1, 0.15) is 6.04 Å². The molecule has 1 aliphatic rings. The summed E-state index contributed by atoms with van der Waals surface area (Å²) in [6.07, 6.45) is 0. The summed E-state index contributed by atoms with van der Waals surface area (Å²) < 4.78 is 0. The van der Waals surface area contributed by atoms with Crippen LogP contribution in [0, 0.1) is 12.8 Å². The molecule has 0 bridgehead atoms. The van der Waals surface area contributed by atoms with Crippen LogP contribution in [0.5, 0.6) is 0 Å². The minimum Gasteiger partial charge on any atom is -0.342 e. The quantitative estimate of drug-likeness (QED) is 0.701. The van der Waals surface area contributed by atoms with Crippen molar-refractivity contribution in [3.63, 3.8) is 0 Å².